The minimum atomic E-state index is -0.269. The zero-order valence-corrected chi connectivity index (χ0v) is 11.9. The van der Waals surface area contributed by atoms with Crippen molar-refractivity contribution in [1.82, 2.24) is 9.78 Å². The van der Waals surface area contributed by atoms with E-state index in [1.165, 1.54) is 12.1 Å². The van der Waals surface area contributed by atoms with Crippen molar-refractivity contribution in [3.63, 3.8) is 0 Å². The molecule has 0 fully saturated rings. The molecule has 1 atom stereocenters. The lowest BCUT2D eigenvalue weighted by molar-refractivity contribution is 0.617. The Kier molecular flexibility index (Phi) is 3.82. The average molecular weight is 312 g/mol. The maximum Gasteiger partial charge on any atom is 0.124 e. The quantitative estimate of drug-likeness (QED) is 0.947. The highest BCUT2D eigenvalue weighted by atomic mass is 79.9. The Morgan fingerprint density at radius 2 is 2.17 bits per heavy atom. The van der Waals surface area contributed by atoms with Crippen molar-refractivity contribution < 1.29 is 4.39 Å². The third-order valence-corrected chi connectivity index (χ3v) is 3.58. The van der Waals surface area contributed by atoms with Crippen molar-refractivity contribution in [1.29, 1.82) is 0 Å². The first-order chi connectivity index (χ1) is 8.47. The van der Waals surface area contributed by atoms with Crippen LogP contribution in [0.1, 0.15) is 23.0 Å². The normalized spacial score (nSPS) is 12.7. The van der Waals surface area contributed by atoms with Crippen LogP contribution in [-0.2, 0) is 13.5 Å². The summed E-state index contributed by atoms with van der Waals surface area (Å²) < 4.78 is 15.5. The van der Waals surface area contributed by atoms with E-state index in [0.29, 0.717) is 10.9 Å². The predicted molar refractivity (Wildman–Crippen MR) is 72.7 cm³/mol. The summed E-state index contributed by atoms with van der Waals surface area (Å²) >= 11 is 3.34. The number of hydrogen-bond acceptors (Lipinski definition) is 2. The molecule has 18 heavy (non-hydrogen) atoms. The maximum atomic E-state index is 13.0. The van der Waals surface area contributed by atoms with E-state index in [2.05, 4.69) is 21.0 Å². The molecule has 0 saturated carbocycles. The largest absolute Gasteiger partial charge is 0.324 e. The second kappa shape index (κ2) is 5.20. The highest BCUT2D eigenvalue weighted by Crippen LogP contribution is 2.25. The van der Waals surface area contributed by atoms with Crippen LogP contribution in [0, 0.1) is 12.7 Å². The molecule has 96 valence electrons. The van der Waals surface area contributed by atoms with Gasteiger partial charge in [0, 0.05) is 29.7 Å². The van der Waals surface area contributed by atoms with Crippen LogP contribution in [0.2, 0.25) is 0 Å². The summed E-state index contributed by atoms with van der Waals surface area (Å²) in [5, 5.41) is 4.28. The summed E-state index contributed by atoms with van der Waals surface area (Å²) in [7, 11) is 1.90. The molecular formula is C13H15BrFN3. The zero-order chi connectivity index (χ0) is 13.3. The van der Waals surface area contributed by atoms with Crippen molar-refractivity contribution in [3.05, 3.63) is 51.5 Å². The van der Waals surface area contributed by atoms with Crippen LogP contribution in [0.5, 0.6) is 0 Å². The molecule has 1 heterocycles. The fraction of sp³-hybridized carbons (Fsp3) is 0.308. The number of aryl methyl sites for hydroxylation is 2. The molecular weight excluding hydrogens is 297 g/mol. The van der Waals surface area contributed by atoms with Crippen LogP contribution in [0.25, 0.3) is 0 Å². The van der Waals surface area contributed by atoms with Crippen molar-refractivity contribution in [2.24, 2.45) is 12.8 Å². The van der Waals surface area contributed by atoms with Gasteiger partial charge in [0.15, 0.2) is 0 Å². The van der Waals surface area contributed by atoms with Crippen LogP contribution in [-0.4, -0.2) is 9.78 Å². The lowest BCUT2D eigenvalue weighted by atomic mass is 10.0. The van der Waals surface area contributed by atoms with E-state index in [1.54, 1.807) is 6.07 Å². The molecule has 2 rings (SSSR count). The first-order valence-electron chi connectivity index (χ1n) is 5.67. The van der Waals surface area contributed by atoms with Gasteiger partial charge in [-0.15, -0.1) is 0 Å². The highest BCUT2D eigenvalue weighted by Gasteiger charge is 2.13. The Balaban J connectivity index is 2.21. The molecule has 5 heteroatoms. The average Bonchev–Trinajstić information content (AvgIpc) is 2.57. The van der Waals surface area contributed by atoms with E-state index in [-0.39, 0.29) is 11.9 Å². The van der Waals surface area contributed by atoms with Gasteiger partial charge >= 0.3 is 0 Å². The molecule has 0 saturated heterocycles. The van der Waals surface area contributed by atoms with Crippen molar-refractivity contribution in [3.8, 4) is 0 Å². The maximum absolute atomic E-state index is 13.0. The van der Waals surface area contributed by atoms with Gasteiger partial charge in [0.1, 0.15) is 5.82 Å². The Labute approximate surface area is 114 Å². The second-order valence-electron chi connectivity index (χ2n) is 4.38. The van der Waals surface area contributed by atoms with Crippen LogP contribution in [0.3, 0.4) is 0 Å². The Morgan fingerprint density at radius 3 is 2.72 bits per heavy atom. The van der Waals surface area contributed by atoms with Gasteiger partial charge in [0.25, 0.3) is 0 Å². The van der Waals surface area contributed by atoms with Crippen molar-refractivity contribution in [2.45, 2.75) is 19.4 Å². The van der Waals surface area contributed by atoms with Gasteiger partial charge in [0.2, 0.25) is 0 Å². The van der Waals surface area contributed by atoms with E-state index in [0.717, 1.165) is 17.0 Å². The number of aromatic nitrogens is 2. The van der Waals surface area contributed by atoms with Crippen LogP contribution >= 0.6 is 15.9 Å². The molecule has 1 aromatic heterocycles. The number of nitrogens with two attached hydrogens (primary N) is 1. The van der Waals surface area contributed by atoms with Crippen LogP contribution in [0.4, 0.5) is 4.39 Å². The summed E-state index contributed by atoms with van der Waals surface area (Å²) in [5.41, 5.74) is 9.10. The van der Waals surface area contributed by atoms with E-state index < -0.39 is 0 Å². The molecule has 2 aromatic rings. The Morgan fingerprint density at radius 1 is 1.44 bits per heavy atom. The first-order valence-corrected chi connectivity index (χ1v) is 6.46. The summed E-state index contributed by atoms with van der Waals surface area (Å²) in [6, 6.07) is 6.40. The molecule has 1 aromatic carbocycles. The van der Waals surface area contributed by atoms with E-state index in [4.69, 9.17) is 5.73 Å². The summed E-state index contributed by atoms with van der Waals surface area (Å²) in [4.78, 5) is 0. The summed E-state index contributed by atoms with van der Waals surface area (Å²) in [6.07, 6.45) is 0.668. The van der Waals surface area contributed by atoms with E-state index in [9.17, 15) is 4.39 Å². The molecule has 2 N–H and O–H groups in total. The van der Waals surface area contributed by atoms with Gasteiger partial charge in [-0.3, -0.25) is 4.68 Å². The molecule has 0 bridgehead atoms. The third kappa shape index (κ3) is 2.79. The lowest BCUT2D eigenvalue weighted by Crippen LogP contribution is -2.16. The SMILES string of the molecule is Cc1cc(CC(N)c2ccc(F)cc2Br)n(C)n1. The minimum Gasteiger partial charge on any atom is -0.324 e. The number of nitrogens with zero attached hydrogens (tertiary/aromatic N) is 2. The highest BCUT2D eigenvalue weighted by molar-refractivity contribution is 9.10. The van der Waals surface area contributed by atoms with Crippen molar-refractivity contribution in [2.75, 3.05) is 0 Å². The topological polar surface area (TPSA) is 43.8 Å². The van der Waals surface area contributed by atoms with E-state index >= 15 is 0 Å². The molecule has 0 aliphatic heterocycles. The molecule has 0 aliphatic rings. The monoisotopic (exact) mass is 311 g/mol. The van der Waals surface area contributed by atoms with E-state index in [1.807, 2.05) is 24.7 Å². The fourth-order valence-electron chi connectivity index (χ4n) is 1.99. The first kappa shape index (κ1) is 13.2. The molecule has 0 amide bonds. The lowest BCUT2D eigenvalue weighted by Gasteiger charge is -2.14. The molecule has 0 radical (unpaired) electrons. The van der Waals surface area contributed by atoms with Crippen LogP contribution < -0.4 is 5.73 Å². The Bertz CT molecular complexity index is 565. The standard InChI is InChI=1S/C13H15BrFN3/c1-8-5-10(18(2)17-8)7-13(16)11-4-3-9(15)6-12(11)14/h3-6,13H,7,16H2,1-2H3. The van der Waals surface area contributed by atoms with Gasteiger partial charge in [-0.05, 0) is 30.7 Å². The smallest absolute Gasteiger partial charge is 0.124 e. The van der Waals surface area contributed by atoms with Gasteiger partial charge in [-0.25, -0.2) is 4.39 Å². The molecule has 0 aliphatic carbocycles. The summed E-state index contributed by atoms with van der Waals surface area (Å²) in [5.74, 6) is -0.269. The van der Waals surface area contributed by atoms with Gasteiger partial charge < -0.3 is 5.73 Å². The Hall–Kier alpha value is -1.20. The number of benzene rings is 1. The van der Waals surface area contributed by atoms with Crippen LogP contribution in [0.15, 0.2) is 28.7 Å². The second-order valence-corrected chi connectivity index (χ2v) is 5.23. The van der Waals surface area contributed by atoms with Crippen molar-refractivity contribution >= 4 is 15.9 Å². The predicted octanol–water partition coefficient (Wildman–Crippen LogP) is 2.87. The minimum absolute atomic E-state index is 0.185. The fourth-order valence-corrected chi connectivity index (χ4v) is 2.64. The van der Waals surface area contributed by atoms with Gasteiger partial charge in [-0.2, -0.15) is 5.10 Å². The number of halogens is 2. The zero-order valence-electron chi connectivity index (χ0n) is 10.3. The molecule has 3 nitrogen and oxygen atoms in total. The third-order valence-electron chi connectivity index (χ3n) is 2.89. The summed E-state index contributed by atoms with van der Waals surface area (Å²) in [6.45, 7) is 1.95. The number of hydrogen-bond donors (Lipinski definition) is 1. The van der Waals surface area contributed by atoms with Gasteiger partial charge in [-0.1, -0.05) is 22.0 Å². The molecule has 0 spiro atoms. The van der Waals surface area contributed by atoms with Gasteiger partial charge in [0.05, 0.1) is 5.69 Å². The number of rotatable bonds is 3. The molecule has 1 unspecified atom stereocenters.